The Morgan fingerprint density at radius 1 is 1.07 bits per heavy atom. The van der Waals surface area contributed by atoms with Crippen LogP contribution in [0.25, 0.3) is 0 Å². The summed E-state index contributed by atoms with van der Waals surface area (Å²) in [6, 6.07) is 0.826. The normalized spacial score (nSPS) is 35.6. The molecule has 15 heavy (non-hydrogen) atoms. The summed E-state index contributed by atoms with van der Waals surface area (Å²) in [5, 5.41) is 3.82. The molecule has 88 valence electrons. The van der Waals surface area contributed by atoms with E-state index in [2.05, 4.69) is 19.2 Å². The van der Waals surface area contributed by atoms with Crippen molar-refractivity contribution in [3.8, 4) is 0 Å². The van der Waals surface area contributed by atoms with Crippen LogP contribution in [0.5, 0.6) is 0 Å². The third-order valence-electron chi connectivity index (χ3n) is 4.64. The third kappa shape index (κ3) is 3.21. The second kappa shape index (κ2) is 4.86. The Labute approximate surface area is 95.0 Å². The van der Waals surface area contributed by atoms with Crippen LogP contribution in [0.1, 0.15) is 65.2 Å². The molecule has 2 saturated carbocycles. The minimum atomic E-state index is 0.651. The van der Waals surface area contributed by atoms with Crippen molar-refractivity contribution in [1.82, 2.24) is 5.32 Å². The molecule has 0 aliphatic heterocycles. The average Bonchev–Trinajstić information content (AvgIpc) is 2.37. The van der Waals surface area contributed by atoms with Crippen molar-refractivity contribution >= 4 is 0 Å². The van der Waals surface area contributed by atoms with Gasteiger partial charge < -0.3 is 5.32 Å². The molecule has 1 heteroatoms. The predicted molar refractivity (Wildman–Crippen MR) is 66.0 cm³/mol. The van der Waals surface area contributed by atoms with Gasteiger partial charge in [-0.3, -0.25) is 0 Å². The summed E-state index contributed by atoms with van der Waals surface area (Å²) >= 11 is 0. The third-order valence-corrected chi connectivity index (χ3v) is 4.64. The summed E-state index contributed by atoms with van der Waals surface area (Å²) in [6.07, 6.45) is 11.5. The van der Waals surface area contributed by atoms with Gasteiger partial charge in [-0.15, -0.1) is 0 Å². The first-order valence-corrected chi connectivity index (χ1v) is 6.91. The van der Waals surface area contributed by atoms with E-state index in [1.807, 2.05) is 0 Å². The zero-order valence-electron chi connectivity index (χ0n) is 10.5. The minimum Gasteiger partial charge on any atom is -0.313 e. The maximum atomic E-state index is 3.82. The van der Waals surface area contributed by atoms with E-state index in [1.165, 1.54) is 57.9 Å². The van der Waals surface area contributed by atoms with Crippen LogP contribution in [0.2, 0.25) is 0 Å². The van der Waals surface area contributed by atoms with E-state index >= 15 is 0 Å². The topological polar surface area (TPSA) is 12.0 Å². The molecule has 0 aromatic heterocycles. The number of rotatable bonds is 3. The standard InChI is InChI=1S/C14H27N/c1-12-5-3-6-13(8-7-12)15-11-14(2)9-4-10-14/h12-13,15H,3-11H2,1-2H3. The van der Waals surface area contributed by atoms with Crippen LogP contribution in [0.3, 0.4) is 0 Å². The highest BCUT2D eigenvalue weighted by Crippen LogP contribution is 2.39. The molecule has 0 amide bonds. The number of hydrogen-bond acceptors (Lipinski definition) is 1. The maximum absolute atomic E-state index is 3.82. The second-order valence-corrected chi connectivity index (χ2v) is 6.36. The van der Waals surface area contributed by atoms with Gasteiger partial charge in [0.2, 0.25) is 0 Å². The van der Waals surface area contributed by atoms with Crippen molar-refractivity contribution in [3.63, 3.8) is 0 Å². The van der Waals surface area contributed by atoms with Crippen molar-refractivity contribution in [2.45, 2.75) is 71.3 Å². The van der Waals surface area contributed by atoms with Crippen LogP contribution >= 0.6 is 0 Å². The van der Waals surface area contributed by atoms with Crippen LogP contribution < -0.4 is 5.32 Å². The van der Waals surface area contributed by atoms with Crippen LogP contribution in [-0.4, -0.2) is 12.6 Å². The Bertz CT molecular complexity index is 196. The summed E-state index contributed by atoms with van der Waals surface area (Å²) in [4.78, 5) is 0. The molecule has 1 nitrogen and oxygen atoms in total. The molecule has 2 rings (SSSR count). The fourth-order valence-electron chi connectivity index (χ4n) is 3.04. The fourth-order valence-corrected chi connectivity index (χ4v) is 3.04. The van der Waals surface area contributed by atoms with E-state index in [4.69, 9.17) is 0 Å². The van der Waals surface area contributed by atoms with Crippen molar-refractivity contribution in [1.29, 1.82) is 0 Å². The molecular weight excluding hydrogens is 182 g/mol. The van der Waals surface area contributed by atoms with Gasteiger partial charge in [0.05, 0.1) is 0 Å². The highest BCUT2D eigenvalue weighted by Gasteiger charge is 2.32. The van der Waals surface area contributed by atoms with Crippen LogP contribution in [0, 0.1) is 11.3 Å². The van der Waals surface area contributed by atoms with Gasteiger partial charge in [0.25, 0.3) is 0 Å². The molecular formula is C14H27N. The van der Waals surface area contributed by atoms with E-state index < -0.39 is 0 Å². The van der Waals surface area contributed by atoms with Crippen molar-refractivity contribution in [2.75, 3.05) is 6.54 Å². The summed E-state index contributed by atoms with van der Waals surface area (Å²) in [5.74, 6) is 0.969. The summed E-state index contributed by atoms with van der Waals surface area (Å²) in [5.41, 5.74) is 0.651. The zero-order valence-corrected chi connectivity index (χ0v) is 10.5. The van der Waals surface area contributed by atoms with E-state index in [0.29, 0.717) is 5.41 Å². The lowest BCUT2D eigenvalue weighted by molar-refractivity contribution is 0.149. The molecule has 0 aromatic rings. The van der Waals surface area contributed by atoms with E-state index in [9.17, 15) is 0 Å². The Balaban J connectivity index is 1.69. The largest absolute Gasteiger partial charge is 0.313 e. The fraction of sp³-hybridized carbons (Fsp3) is 1.00. The van der Waals surface area contributed by atoms with Crippen molar-refractivity contribution in [3.05, 3.63) is 0 Å². The minimum absolute atomic E-state index is 0.651. The SMILES string of the molecule is CC1CCCC(NCC2(C)CCC2)CC1. The van der Waals surface area contributed by atoms with Gasteiger partial charge in [0, 0.05) is 12.6 Å². The molecule has 2 fully saturated rings. The Kier molecular flexibility index (Phi) is 3.71. The van der Waals surface area contributed by atoms with Crippen LogP contribution in [0.15, 0.2) is 0 Å². The van der Waals surface area contributed by atoms with E-state index in [0.717, 1.165) is 12.0 Å². The lowest BCUT2D eigenvalue weighted by Crippen LogP contribution is -2.41. The first-order chi connectivity index (χ1) is 7.18. The van der Waals surface area contributed by atoms with Gasteiger partial charge in [-0.05, 0) is 43.4 Å². The molecule has 0 saturated heterocycles. The highest BCUT2D eigenvalue weighted by molar-refractivity contribution is 4.87. The number of nitrogens with one attached hydrogen (secondary N) is 1. The Morgan fingerprint density at radius 3 is 2.53 bits per heavy atom. The van der Waals surface area contributed by atoms with Crippen LogP contribution in [0.4, 0.5) is 0 Å². The van der Waals surface area contributed by atoms with Crippen molar-refractivity contribution in [2.24, 2.45) is 11.3 Å². The summed E-state index contributed by atoms with van der Waals surface area (Å²) < 4.78 is 0. The summed E-state index contributed by atoms with van der Waals surface area (Å²) in [7, 11) is 0. The van der Waals surface area contributed by atoms with Gasteiger partial charge in [-0.1, -0.05) is 33.1 Å². The average molecular weight is 209 g/mol. The lowest BCUT2D eigenvalue weighted by atomic mass is 9.70. The van der Waals surface area contributed by atoms with Crippen LogP contribution in [-0.2, 0) is 0 Å². The maximum Gasteiger partial charge on any atom is 0.00673 e. The zero-order chi connectivity index (χ0) is 10.7. The predicted octanol–water partition coefficient (Wildman–Crippen LogP) is 3.74. The van der Waals surface area contributed by atoms with Gasteiger partial charge in [-0.25, -0.2) is 0 Å². The first-order valence-electron chi connectivity index (χ1n) is 6.91. The Morgan fingerprint density at radius 2 is 1.87 bits per heavy atom. The molecule has 1 N–H and O–H groups in total. The lowest BCUT2D eigenvalue weighted by Gasteiger charge is -2.39. The highest BCUT2D eigenvalue weighted by atomic mass is 14.9. The van der Waals surface area contributed by atoms with E-state index in [1.54, 1.807) is 0 Å². The molecule has 0 radical (unpaired) electrons. The molecule has 0 heterocycles. The van der Waals surface area contributed by atoms with Gasteiger partial charge in [-0.2, -0.15) is 0 Å². The smallest absolute Gasteiger partial charge is 0.00673 e. The first kappa shape index (κ1) is 11.4. The molecule has 2 aliphatic carbocycles. The molecule has 0 aromatic carbocycles. The summed E-state index contributed by atoms with van der Waals surface area (Å²) in [6.45, 7) is 6.13. The molecule has 2 aliphatic rings. The number of hydrogen-bond donors (Lipinski definition) is 1. The van der Waals surface area contributed by atoms with Gasteiger partial charge in [0.15, 0.2) is 0 Å². The molecule has 2 atom stereocenters. The monoisotopic (exact) mass is 209 g/mol. The quantitative estimate of drug-likeness (QED) is 0.698. The van der Waals surface area contributed by atoms with Gasteiger partial charge >= 0.3 is 0 Å². The molecule has 0 spiro atoms. The molecule has 2 unspecified atom stereocenters. The van der Waals surface area contributed by atoms with Crippen molar-refractivity contribution < 1.29 is 0 Å². The molecule has 0 bridgehead atoms. The van der Waals surface area contributed by atoms with E-state index in [-0.39, 0.29) is 0 Å². The van der Waals surface area contributed by atoms with Gasteiger partial charge in [0.1, 0.15) is 0 Å². The second-order valence-electron chi connectivity index (χ2n) is 6.36. The Hall–Kier alpha value is -0.0400.